The highest BCUT2D eigenvalue weighted by Gasteiger charge is 2.13. The Kier molecular flexibility index (Phi) is 2.78. The number of nitrogens with zero attached hydrogens (tertiary/aromatic N) is 3. The lowest BCUT2D eigenvalue weighted by molar-refractivity contribution is 0.552. The topological polar surface area (TPSA) is 56.7 Å². The van der Waals surface area contributed by atoms with Gasteiger partial charge in [0.2, 0.25) is 0 Å². The van der Waals surface area contributed by atoms with E-state index in [1.807, 2.05) is 0 Å². The maximum Gasteiger partial charge on any atom is 0.174 e. The van der Waals surface area contributed by atoms with Crippen molar-refractivity contribution >= 4 is 17.6 Å². The van der Waals surface area contributed by atoms with Gasteiger partial charge in [0, 0.05) is 25.5 Å². The van der Waals surface area contributed by atoms with E-state index in [-0.39, 0.29) is 10.8 Å². The highest BCUT2D eigenvalue weighted by Crippen LogP contribution is 2.27. The number of anilines is 1. The third-order valence-corrected chi connectivity index (χ3v) is 2.94. The Balaban J connectivity index is 2.35. The van der Waals surface area contributed by atoms with Crippen molar-refractivity contribution in [1.29, 1.82) is 0 Å². The molecule has 0 aliphatic rings. The highest BCUT2D eigenvalue weighted by molar-refractivity contribution is 7.99. The van der Waals surface area contributed by atoms with Crippen molar-refractivity contribution < 1.29 is 8.78 Å². The standard InChI is InChI=1S/C9H8F2N4S/c1-15-3-2-13-9(15)16-8-6(11)4-5(10)7(12)14-8/h2-4H,1H3,(H2,12,14). The van der Waals surface area contributed by atoms with Crippen molar-refractivity contribution in [3.63, 3.8) is 0 Å². The second-order valence-electron chi connectivity index (χ2n) is 3.07. The molecular weight excluding hydrogens is 234 g/mol. The highest BCUT2D eigenvalue weighted by atomic mass is 32.2. The van der Waals surface area contributed by atoms with E-state index < -0.39 is 11.6 Å². The second-order valence-corrected chi connectivity index (χ2v) is 4.02. The first-order chi connectivity index (χ1) is 7.58. The Morgan fingerprint density at radius 1 is 1.38 bits per heavy atom. The summed E-state index contributed by atoms with van der Waals surface area (Å²) in [6.07, 6.45) is 3.29. The van der Waals surface area contributed by atoms with Crippen molar-refractivity contribution in [3.8, 4) is 0 Å². The van der Waals surface area contributed by atoms with Gasteiger partial charge in [0.1, 0.15) is 5.03 Å². The van der Waals surface area contributed by atoms with E-state index in [1.54, 1.807) is 24.0 Å². The van der Waals surface area contributed by atoms with E-state index in [4.69, 9.17) is 5.73 Å². The number of pyridine rings is 1. The van der Waals surface area contributed by atoms with E-state index >= 15 is 0 Å². The minimum absolute atomic E-state index is 0.00759. The number of nitrogen functional groups attached to an aromatic ring is 1. The lowest BCUT2D eigenvalue weighted by Gasteiger charge is -2.03. The average Bonchev–Trinajstić information content (AvgIpc) is 2.61. The molecule has 0 spiro atoms. The lowest BCUT2D eigenvalue weighted by Crippen LogP contribution is -1.99. The number of aromatic nitrogens is 3. The predicted octanol–water partition coefficient (Wildman–Crippen LogP) is 1.83. The van der Waals surface area contributed by atoms with Crippen molar-refractivity contribution in [3.05, 3.63) is 30.1 Å². The summed E-state index contributed by atoms with van der Waals surface area (Å²) in [5, 5.41) is 0.561. The Morgan fingerprint density at radius 3 is 2.75 bits per heavy atom. The van der Waals surface area contributed by atoms with Gasteiger partial charge in [0.25, 0.3) is 0 Å². The van der Waals surface area contributed by atoms with Gasteiger partial charge >= 0.3 is 0 Å². The number of aryl methyl sites for hydroxylation is 1. The molecule has 0 saturated heterocycles. The number of hydrogen-bond acceptors (Lipinski definition) is 4. The number of hydrogen-bond donors (Lipinski definition) is 1. The summed E-state index contributed by atoms with van der Waals surface area (Å²) in [5.41, 5.74) is 5.26. The monoisotopic (exact) mass is 242 g/mol. The molecule has 0 saturated carbocycles. The van der Waals surface area contributed by atoms with Gasteiger partial charge in [-0.3, -0.25) is 0 Å². The SMILES string of the molecule is Cn1ccnc1Sc1nc(N)c(F)cc1F. The summed E-state index contributed by atoms with van der Waals surface area (Å²) >= 11 is 0.989. The van der Waals surface area contributed by atoms with Crippen LogP contribution >= 0.6 is 11.8 Å². The van der Waals surface area contributed by atoms with Crippen LogP contribution in [0.1, 0.15) is 0 Å². The molecule has 4 nitrogen and oxygen atoms in total. The molecule has 0 aliphatic carbocycles. The average molecular weight is 242 g/mol. The van der Waals surface area contributed by atoms with Gasteiger partial charge in [-0.2, -0.15) is 0 Å². The number of nitrogens with two attached hydrogens (primary N) is 1. The van der Waals surface area contributed by atoms with Gasteiger partial charge in [0.05, 0.1) is 0 Å². The van der Waals surface area contributed by atoms with Gasteiger partial charge in [-0.25, -0.2) is 18.7 Å². The molecular formula is C9H8F2N4S. The van der Waals surface area contributed by atoms with Crippen molar-refractivity contribution in [1.82, 2.24) is 14.5 Å². The molecule has 2 rings (SSSR count). The van der Waals surface area contributed by atoms with E-state index in [1.165, 1.54) is 0 Å². The fourth-order valence-electron chi connectivity index (χ4n) is 1.07. The quantitative estimate of drug-likeness (QED) is 0.872. The maximum absolute atomic E-state index is 13.3. The van der Waals surface area contributed by atoms with Crippen LogP contribution in [0.5, 0.6) is 0 Å². The Bertz CT molecular complexity index is 526. The van der Waals surface area contributed by atoms with Crippen molar-refractivity contribution in [2.45, 2.75) is 10.2 Å². The Labute approximate surface area is 94.5 Å². The van der Waals surface area contributed by atoms with Gasteiger partial charge in [-0.1, -0.05) is 0 Å². The molecule has 0 unspecified atom stereocenters. The smallest absolute Gasteiger partial charge is 0.174 e. The molecule has 2 aromatic heterocycles. The van der Waals surface area contributed by atoms with E-state index in [9.17, 15) is 8.78 Å². The van der Waals surface area contributed by atoms with Gasteiger partial charge in [0.15, 0.2) is 22.6 Å². The van der Waals surface area contributed by atoms with Crippen molar-refractivity contribution in [2.24, 2.45) is 7.05 Å². The van der Waals surface area contributed by atoms with Gasteiger partial charge < -0.3 is 10.3 Å². The van der Waals surface area contributed by atoms with Crippen LogP contribution in [0.15, 0.2) is 28.6 Å². The summed E-state index contributed by atoms with van der Waals surface area (Å²) in [7, 11) is 1.76. The summed E-state index contributed by atoms with van der Waals surface area (Å²) in [6, 6.07) is 0.716. The first-order valence-electron chi connectivity index (χ1n) is 4.34. The van der Waals surface area contributed by atoms with Gasteiger partial charge in [-0.05, 0) is 11.8 Å². The summed E-state index contributed by atoms with van der Waals surface area (Å²) in [6.45, 7) is 0. The van der Waals surface area contributed by atoms with E-state index in [2.05, 4.69) is 9.97 Å². The molecule has 2 aromatic rings. The molecule has 0 radical (unpaired) electrons. The minimum Gasteiger partial charge on any atom is -0.381 e. The van der Waals surface area contributed by atoms with Crippen LogP contribution in [0.25, 0.3) is 0 Å². The Morgan fingerprint density at radius 2 is 2.12 bits per heavy atom. The fraction of sp³-hybridized carbons (Fsp3) is 0.111. The maximum atomic E-state index is 13.3. The number of halogens is 2. The third-order valence-electron chi connectivity index (χ3n) is 1.89. The van der Waals surface area contributed by atoms with Crippen LogP contribution in [-0.2, 0) is 7.05 Å². The summed E-state index contributed by atoms with van der Waals surface area (Å²) in [5.74, 6) is -1.93. The van der Waals surface area contributed by atoms with Crippen LogP contribution in [0.3, 0.4) is 0 Å². The largest absolute Gasteiger partial charge is 0.381 e. The zero-order valence-corrected chi connectivity index (χ0v) is 9.13. The van der Waals surface area contributed by atoms with Crippen LogP contribution in [0.4, 0.5) is 14.6 Å². The molecule has 0 atom stereocenters. The van der Waals surface area contributed by atoms with Crippen molar-refractivity contribution in [2.75, 3.05) is 5.73 Å². The second kappa shape index (κ2) is 4.09. The molecule has 0 aliphatic heterocycles. The molecule has 16 heavy (non-hydrogen) atoms. The van der Waals surface area contributed by atoms with Gasteiger partial charge in [-0.15, -0.1) is 0 Å². The normalized spacial score (nSPS) is 10.7. The summed E-state index contributed by atoms with van der Waals surface area (Å²) < 4.78 is 27.9. The molecule has 0 bridgehead atoms. The third kappa shape index (κ3) is 1.99. The predicted molar refractivity (Wildman–Crippen MR) is 55.9 cm³/mol. The number of imidazole rings is 1. The van der Waals surface area contributed by atoms with Crippen LogP contribution in [-0.4, -0.2) is 14.5 Å². The molecule has 84 valence electrons. The Hall–Kier alpha value is -1.63. The fourth-order valence-corrected chi connectivity index (χ4v) is 1.86. The lowest BCUT2D eigenvalue weighted by atomic mass is 10.4. The zero-order chi connectivity index (χ0) is 11.7. The molecule has 7 heteroatoms. The molecule has 2 heterocycles. The van der Waals surface area contributed by atoms with Crippen LogP contribution < -0.4 is 5.73 Å². The minimum atomic E-state index is -0.860. The zero-order valence-electron chi connectivity index (χ0n) is 8.32. The van der Waals surface area contributed by atoms with E-state index in [0.29, 0.717) is 11.2 Å². The first kappa shape index (κ1) is 10.9. The first-order valence-corrected chi connectivity index (χ1v) is 5.16. The van der Waals surface area contributed by atoms with Crippen LogP contribution in [0.2, 0.25) is 0 Å². The molecule has 0 fully saturated rings. The molecule has 0 aromatic carbocycles. The van der Waals surface area contributed by atoms with Crippen LogP contribution in [0, 0.1) is 11.6 Å². The number of rotatable bonds is 2. The summed E-state index contributed by atoms with van der Waals surface area (Å²) in [4.78, 5) is 7.61. The molecule has 0 amide bonds. The molecule has 2 N–H and O–H groups in total. The van der Waals surface area contributed by atoms with E-state index in [0.717, 1.165) is 11.8 Å².